The molecule has 2 aliphatic heterocycles. The molecule has 3 heterocycles. The van der Waals surface area contributed by atoms with Crippen LogP contribution in [0.15, 0.2) is 48.3 Å². The summed E-state index contributed by atoms with van der Waals surface area (Å²) in [6, 6.07) is 8.28. The maximum absolute atomic E-state index is 13.1. The maximum Gasteiger partial charge on any atom is 0.295 e. The van der Waals surface area contributed by atoms with Gasteiger partial charge in [-0.1, -0.05) is 13.8 Å². The standard InChI is InChI=1S/C24H27N3O4/c1-3-26(4-2)12-13-27-21(16-7-10-25-11-8-16)20(23(29)24(27)30)22(28)18-5-6-19-17(15-18)9-14-31-19/h5-8,10-11,15,21,28H,3-4,9,12-14H2,1-2H3/b22-20-. The Labute approximate surface area is 182 Å². The number of ether oxygens (including phenoxy) is 1. The lowest BCUT2D eigenvalue weighted by Crippen LogP contribution is -2.38. The van der Waals surface area contributed by atoms with Crippen LogP contribution in [0.3, 0.4) is 0 Å². The first-order chi connectivity index (χ1) is 15.0. The molecule has 1 aromatic carbocycles. The van der Waals surface area contributed by atoms with E-state index in [-0.39, 0.29) is 11.3 Å². The molecule has 2 aromatic rings. The van der Waals surface area contributed by atoms with Crippen molar-refractivity contribution in [2.45, 2.75) is 26.3 Å². The van der Waals surface area contributed by atoms with E-state index in [1.807, 2.05) is 6.07 Å². The molecule has 1 unspecified atom stereocenters. The Morgan fingerprint density at radius 1 is 1.19 bits per heavy atom. The molecule has 31 heavy (non-hydrogen) atoms. The van der Waals surface area contributed by atoms with Gasteiger partial charge in [-0.15, -0.1) is 0 Å². The number of benzene rings is 1. The van der Waals surface area contributed by atoms with Crippen molar-refractivity contribution < 1.29 is 19.4 Å². The van der Waals surface area contributed by atoms with Crippen molar-refractivity contribution in [3.8, 4) is 5.75 Å². The zero-order chi connectivity index (χ0) is 22.0. The second kappa shape index (κ2) is 8.89. The van der Waals surface area contributed by atoms with Gasteiger partial charge in [-0.3, -0.25) is 14.6 Å². The number of likely N-dealkylation sites (N-methyl/N-ethyl adjacent to an activating group) is 1. The van der Waals surface area contributed by atoms with Gasteiger partial charge >= 0.3 is 0 Å². The van der Waals surface area contributed by atoms with Gasteiger partial charge in [0.2, 0.25) is 0 Å². The molecule has 7 nitrogen and oxygen atoms in total. The summed E-state index contributed by atoms with van der Waals surface area (Å²) in [5.41, 5.74) is 2.37. The second-order valence-corrected chi connectivity index (χ2v) is 7.72. The minimum absolute atomic E-state index is 0.120. The highest BCUT2D eigenvalue weighted by atomic mass is 16.5. The molecule has 1 fully saturated rings. The van der Waals surface area contributed by atoms with Crippen molar-refractivity contribution in [1.82, 2.24) is 14.8 Å². The molecule has 7 heteroatoms. The number of hydrogen-bond acceptors (Lipinski definition) is 6. The highest BCUT2D eigenvalue weighted by Gasteiger charge is 2.46. The number of fused-ring (bicyclic) bond motifs is 1. The molecule has 0 aliphatic carbocycles. The van der Waals surface area contributed by atoms with Crippen LogP contribution in [0.5, 0.6) is 5.75 Å². The monoisotopic (exact) mass is 421 g/mol. The molecule has 162 valence electrons. The highest BCUT2D eigenvalue weighted by molar-refractivity contribution is 6.46. The number of hydrogen-bond donors (Lipinski definition) is 1. The fourth-order valence-corrected chi connectivity index (χ4v) is 4.28. The van der Waals surface area contributed by atoms with Gasteiger partial charge < -0.3 is 19.6 Å². The number of ketones is 1. The number of rotatable bonds is 7. The molecule has 0 bridgehead atoms. The third-order valence-corrected chi connectivity index (χ3v) is 6.08. The van der Waals surface area contributed by atoms with Crippen molar-refractivity contribution in [3.63, 3.8) is 0 Å². The Hall–Kier alpha value is -3.19. The van der Waals surface area contributed by atoms with E-state index in [1.54, 1.807) is 41.6 Å². The lowest BCUT2D eigenvalue weighted by molar-refractivity contribution is -0.140. The van der Waals surface area contributed by atoms with E-state index in [1.165, 1.54) is 0 Å². The molecule has 1 atom stereocenters. The van der Waals surface area contributed by atoms with Crippen LogP contribution in [0.4, 0.5) is 0 Å². The van der Waals surface area contributed by atoms with E-state index in [9.17, 15) is 14.7 Å². The number of aliphatic hydroxyl groups is 1. The van der Waals surface area contributed by atoms with Crippen LogP contribution in [0.25, 0.3) is 5.76 Å². The van der Waals surface area contributed by atoms with Gasteiger partial charge in [0.05, 0.1) is 18.2 Å². The zero-order valence-electron chi connectivity index (χ0n) is 17.9. The van der Waals surface area contributed by atoms with Crippen molar-refractivity contribution >= 4 is 17.4 Å². The number of pyridine rings is 1. The van der Waals surface area contributed by atoms with E-state index < -0.39 is 17.7 Å². The largest absolute Gasteiger partial charge is 0.507 e. The van der Waals surface area contributed by atoms with E-state index in [2.05, 4.69) is 23.7 Å². The van der Waals surface area contributed by atoms with Crippen molar-refractivity contribution in [3.05, 3.63) is 65.0 Å². The summed E-state index contributed by atoms with van der Waals surface area (Å²) in [6.07, 6.45) is 4.02. The minimum atomic E-state index is -0.657. The quantitative estimate of drug-likeness (QED) is 0.421. The van der Waals surface area contributed by atoms with Crippen molar-refractivity contribution in [1.29, 1.82) is 0 Å². The Morgan fingerprint density at radius 2 is 1.94 bits per heavy atom. The van der Waals surface area contributed by atoms with E-state index in [0.717, 1.165) is 36.4 Å². The average Bonchev–Trinajstić information content (AvgIpc) is 3.37. The molecule has 0 radical (unpaired) electrons. The first-order valence-corrected chi connectivity index (χ1v) is 10.7. The van der Waals surface area contributed by atoms with Crippen LogP contribution in [-0.2, 0) is 16.0 Å². The first kappa shape index (κ1) is 21.1. The Balaban J connectivity index is 1.77. The molecule has 1 N–H and O–H groups in total. The summed E-state index contributed by atoms with van der Waals surface area (Å²) in [5.74, 6) is -0.599. The fourth-order valence-electron chi connectivity index (χ4n) is 4.28. The molecule has 1 aromatic heterocycles. The topological polar surface area (TPSA) is 83.0 Å². The SMILES string of the molecule is CCN(CC)CCN1C(=O)C(=O)/C(=C(\O)c2ccc3c(c2)CCO3)C1c1ccncc1. The lowest BCUT2D eigenvalue weighted by Gasteiger charge is -2.28. The molecule has 0 spiro atoms. The Kier molecular flexibility index (Phi) is 6.04. The maximum atomic E-state index is 13.1. The van der Waals surface area contributed by atoms with Crippen LogP contribution in [0.2, 0.25) is 0 Å². The summed E-state index contributed by atoms with van der Waals surface area (Å²) >= 11 is 0. The predicted octanol–water partition coefficient (Wildman–Crippen LogP) is 2.78. The number of carbonyl (C=O) groups excluding carboxylic acids is 2. The predicted molar refractivity (Wildman–Crippen MR) is 117 cm³/mol. The first-order valence-electron chi connectivity index (χ1n) is 10.7. The van der Waals surface area contributed by atoms with Gasteiger partial charge in [-0.05, 0) is 54.5 Å². The summed E-state index contributed by atoms with van der Waals surface area (Å²) < 4.78 is 5.54. The molecule has 4 rings (SSSR count). The highest BCUT2D eigenvalue weighted by Crippen LogP contribution is 2.40. The third-order valence-electron chi connectivity index (χ3n) is 6.08. The minimum Gasteiger partial charge on any atom is -0.507 e. The van der Waals surface area contributed by atoms with Crippen LogP contribution in [0, 0.1) is 0 Å². The summed E-state index contributed by atoms with van der Waals surface area (Å²) in [7, 11) is 0. The van der Waals surface area contributed by atoms with Gasteiger partial charge in [-0.2, -0.15) is 0 Å². The number of carbonyl (C=O) groups is 2. The summed E-state index contributed by atoms with van der Waals surface area (Å²) in [6.45, 7) is 7.50. The van der Waals surface area contributed by atoms with Crippen LogP contribution >= 0.6 is 0 Å². The molecule has 2 aliphatic rings. The average molecular weight is 421 g/mol. The summed E-state index contributed by atoms with van der Waals surface area (Å²) in [4.78, 5) is 33.9. The van der Waals surface area contributed by atoms with Crippen molar-refractivity contribution in [2.24, 2.45) is 0 Å². The number of nitrogens with zero attached hydrogens (tertiary/aromatic N) is 3. The molecule has 1 amide bonds. The van der Waals surface area contributed by atoms with Crippen LogP contribution in [-0.4, -0.2) is 64.4 Å². The number of aromatic nitrogens is 1. The third kappa shape index (κ3) is 3.93. The van der Waals surface area contributed by atoms with Gasteiger partial charge in [0, 0.05) is 37.5 Å². The second-order valence-electron chi connectivity index (χ2n) is 7.72. The summed E-state index contributed by atoms with van der Waals surface area (Å²) in [5, 5.41) is 11.2. The number of aliphatic hydroxyl groups excluding tert-OH is 1. The van der Waals surface area contributed by atoms with Gasteiger partial charge in [-0.25, -0.2) is 0 Å². The number of amides is 1. The number of likely N-dealkylation sites (tertiary alicyclic amines) is 1. The van der Waals surface area contributed by atoms with E-state index in [0.29, 0.717) is 25.3 Å². The fraction of sp³-hybridized carbons (Fsp3) is 0.375. The van der Waals surface area contributed by atoms with Gasteiger partial charge in [0.25, 0.3) is 11.7 Å². The van der Waals surface area contributed by atoms with Gasteiger partial charge in [0.15, 0.2) is 0 Å². The zero-order valence-corrected chi connectivity index (χ0v) is 17.9. The smallest absolute Gasteiger partial charge is 0.295 e. The van der Waals surface area contributed by atoms with Gasteiger partial charge in [0.1, 0.15) is 11.5 Å². The Bertz CT molecular complexity index is 1010. The van der Waals surface area contributed by atoms with Crippen LogP contribution < -0.4 is 4.74 Å². The normalized spacial score (nSPS) is 19.7. The molecule has 1 saturated heterocycles. The van der Waals surface area contributed by atoms with E-state index in [4.69, 9.17) is 4.74 Å². The van der Waals surface area contributed by atoms with E-state index >= 15 is 0 Å². The molecular formula is C24H27N3O4. The lowest BCUT2D eigenvalue weighted by atomic mass is 9.95. The number of Topliss-reactive ketones (excluding diaryl/α,β-unsaturated/α-hetero) is 1. The molecular weight excluding hydrogens is 394 g/mol. The van der Waals surface area contributed by atoms with Crippen LogP contribution in [0.1, 0.15) is 36.6 Å². The Morgan fingerprint density at radius 3 is 2.65 bits per heavy atom. The van der Waals surface area contributed by atoms with Crippen molar-refractivity contribution in [2.75, 3.05) is 32.8 Å². The molecule has 0 saturated carbocycles.